The molecule has 0 N–H and O–H groups in total. The first-order valence-corrected chi connectivity index (χ1v) is 10.4. The van der Waals surface area contributed by atoms with E-state index in [1.54, 1.807) is 36.4 Å². The first kappa shape index (κ1) is 23.5. The lowest BCUT2D eigenvalue weighted by molar-refractivity contribution is -0.110. The van der Waals surface area contributed by atoms with Gasteiger partial charge in [-0.25, -0.2) is 0 Å². The van der Waals surface area contributed by atoms with E-state index >= 15 is 0 Å². The third kappa shape index (κ3) is 6.41. The highest BCUT2D eigenvalue weighted by Crippen LogP contribution is 2.35. The molecule has 0 fully saturated rings. The zero-order valence-electron chi connectivity index (χ0n) is 18.0. The van der Waals surface area contributed by atoms with Crippen LogP contribution in [0.4, 0.5) is 13.2 Å². The van der Waals surface area contributed by atoms with Crippen LogP contribution in [0.3, 0.4) is 0 Å². The molecule has 5 heteroatoms. The van der Waals surface area contributed by atoms with Crippen LogP contribution >= 0.6 is 0 Å². The number of nitrogens with zero attached hydrogens (tertiary/aromatic N) is 1. The summed E-state index contributed by atoms with van der Waals surface area (Å²) in [6.45, 7) is 5.00. The molecule has 0 saturated heterocycles. The molecule has 1 aliphatic carbocycles. The second kappa shape index (κ2) is 10.4. The lowest BCUT2D eigenvalue weighted by atomic mass is 9.88. The molecule has 1 unspecified atom stereocenters. The minimum atomic E-state index is -4.38. The summed E-state index contributed by atoms with van der Waals surface area (Å²) in [7, 11) is 1.90. The number of carbonyl (C=O) groups is 1. The SMILES string of the molecule is C=C(CN(C)Cc1ccccc1)C(=O)/C(=C\C1C=CC=C(C(F)(F)F)C1)c1ccccc1. The Morgan fingerprint density at radius 3 is 2.34 bits per heavy atom. The maximum atomic E-state index is 13.3. The molecule has 1 atom stereocenters. The quantitative estimate of drug-likeness (QED) is 0.446. The molecule has 1 aliphatic rings. The summed E-state index contributed by atoms with van der Waals surface area (Å²) in [4.78, 5) is 15.3. The zero-order chi connectivity index (χ0) is 23.1. The largest absolute Gasteiger partial charge is 0.412 e. The van der Waals surface area contributed by atoms with Crippen molar-refractivity contribution >= 4 is 11.4 Å². The Morgan fingerprint density at radius 2 is 1.72 bits per heavy atom. The summed E-state index contributed by atoms with van der Waals surface area (Å²) in [5.41, 5.74) is 1.96. The topological polar surface area (TPSA) is 20.3 Å². The van der Waals surface area contributed by atoms with E-state index in [1.807, 2.05) is 48.3 Å². The van der Waals surface area contributed by atoms with Crippen molar-refractivity contribution in [3.63, 3.8) is 0 Å². The molecule has 32 heavy (non-hydrogen) atoms. The summed E-state index contributed by atoms with van der Waals surface area (Å²) >= 11 is 0. The van der Waals surface area contributed by atoms with Crippen LogP contribution in [0.5, 0.6) is 0 Å². The van der Waals surface area contributed by atoms with Crippen molar-refractivity contribution in [3.8, 4) is 0 Å². The Balaban J connectivity index is 1.79. The molecular formula is C27H26F3NO. The van der Waals surface area contributed by atoms with Crippen LogP contribution < -0.4 is 0 Å². The van der Waals surface area contributed by atoms with Gasteiger partial charge in [-0.15, -0.1) is 0 Å². The molecule has 2 nitrogen and oxygen atoms in total. The van der Waals surface area contributed by atoms with Crippen molar-refractivity contribution in [1.29, 1.82) is 0 Å². The van der Waals surface area contributed by atoms with Gasteiger partial charge in [-0.05, 0) is 24.6 Å². The van der Waals surface area contributed by atoms with Gasteiger partial charge in [-0.2, -0.15) is 13.2 Å². The second-order valence-corrected chi connectivity index (χ2v) is 7.98. The maximum absolute atomic E-state index is 13.3. The molecule has 3 rings (SSSR count). The summed E-state index contributed by atoms with van der Waals surface area (Å²) < 4.78 is 39.5. The predicted octanol–water partition coefficient (Wildman–Crippen LogP) is 6.39. The van der Waals surface area contributed by atoms with Gasteiger partial charge in [0.1, 0.15) is 0 Å². The molecule has 0 spiro atoms. The summed E-state index contributed by atoms with van der Waals surface area (Å²) in [5, 5.41) is 0. The van der Waals surface area contributed by atoms with Gasteiger partial charge in [0.15, 0.2) is 5.78 Å². The molecule has 166 valence electrons. The van der Waals surface area contributed by atoms with Crippen molar-refractivity contribution in [1.82, 2.24) is 4.90 Å². The van der Waals surface area contributed by atoms with Gasteiger partial charge < -0.3 is 0 Å². The maximum Gasteiger partial charge on any atom is 0.412 e. The Hall–Kier alpha value is -3.18. The third-order valence-corrected chi connectivity index (χ3v) is 5.26. The highest BCUT2D eigenvalue weighted by molar-refractivity contribution is 6.28. The van der Waals surface area contributed by atoms with Crippen LogP contribution in [0.25, 0.3) is 5.57 Å². The molecular weight excluding hydrogens is 411 g/mol. The Kier molecular flexibility index (Phi) is 7.65. The van der Waals surface area contributed by atoms with Crippen molar-refractivity contribution in [2.75, 3.05) is 13.6 Å². The Morgan fingerprint density at radius 1 is 1.09 bits per heavy atom. The fourth-order valence-corrected chi connectivity index (χ4v) is 3.70. The smallest absolute Gasteiger partial charge is 0.298 e. The van der Waals surface area contributed by atoms with E-state index < -0.39 is 17.7 Å². The highest BCUT2D eigenvalue weighted by Gasteiger charge is 2.35. The van der Waals surface area contributed by atoms with Gasteiger partial charge in [-0.1, -0.05) is 91.5 Å². The molecule has 0 bridgehead atoms. The minimum Gasteiger partial charge on any atom is -0.298 e. The minimum absolute atomic E-state index is 0.190. The average molecular weight is 438 g/mol. The van der Waals surface area contributed by atoms with Gasteiger partial charge >= 0.3 is 6.18 Å². The first-order chi connectivity index (χ1) is 15.2. The normalized spacial score (nSPS) is 16.7. The van der Waals surface area contributed by atoms with Crippen LogP contribution in [0.15, 0.2) is 103 Å². The second-order valence-electron chi connectivity index (χ2n) is 7.98. The molecule has 0 aliphatic heterocycles. The number of hydrogen-bond acceptors (Lipinski definition) is 2. The fraction of sp³-hybridized carbons (Fsp3) is 0.222. The van der Waals surface area contributed by atoms with E-state index in [0.717, 1.165) is 11.6 Å². The number of likely N-dealkylation sites (N-methyl/N-ethyl adjacent to an activating group) is 1. The van der Waals surface area contributed by atoms with Gasteiger partial charge in [0.2, 0.25) is 0 Å². The lowest BCUT2D eigenvalue weighted by Gasteiger charge is -2.21. The van der Waals surface area contributed by atoms with Crippen molar-refractivity contribution < 1.29 is 18.0 Å². The number of alkyl halides is 3. The average Bonchev–Trinajstić information content (AvgIpc) is 2.78. The lowest BCUT2D eigenvalue weighted by Crippen LogP contribution is -2.24. The van der Waals surface area contributed by atoms with E-state index in [9.17, 15) is 18.0 Å². The standard InChI is InChI=1S/C27H26F3NO/c1-20(18-31(2)19-21-10-5-3-6-11-21)26(32)25(23-13-7-4-8-14-23)17-22-12-9-15-24(16-22)27(28,29)30/h3-15,17,22H,1,16,18-19H2,2H3/b25-17-. The van der Waals surface area contributed by atoms with E-state index in [4.69, 9.17) is 0 Å². The zero-order valence-corrected chi connectivity index (χ0v) is 18.0. The van der Waals surface area contributed by atoms with Crippen LogP contribution in [0.1, 0.15) is 17.5 Å². The van der Waals surface area contributed by atoms with Crippen LogP contribution in [0, 0.1) is 5.92 Å². The Bertz CT molecular complexity index is 1030. The number of hydrogen-bond donors (Lipinski definition) is 0. The highest BCUT2D eigenvalue weighted by atomic mass is 19.4. The monoisotopic (exact) mass is 437 g/mol. The molecule has 0 amide bonds. The van der Waals surface area contributed by atoms with Gasteiger partial charge in [-0.3, -0.25) is 9.69 Å². The van der Waals surface area contributed by atoms with Crippen molar-refractivity contribution in [3.05, 3.63) is 114 Å². The first-order valence-electron chi connectivity index (χ1n) is 10.4. The van der Waals surface area contributed by atoms with Crippen LogP contribution in [-0.2, 0) is 11.3 Å². The number of halogens is 3. The van der Waals surface area contributed by atoms with Crippen LogP contribution in [0.2, 0.25) is 0 Å². The summed E-state index contributed by atoms with van der Waals surface area (Å²) in [6.07, 6.45) is 1.25. The van der Waals surface area contributed by atoms with Crippen molar-refractivity contribution in [2.24, 2.45) is 5.92 Å². The fourth-order valence-electron chi connectivity index (χ4n) is 3.70. The number of Topliss-reactive ketones (excluding diaryl/α,β-unsaturated/α-hetero) is 1. The molecule has 0 heterocycles. The molecule has 0 saturated carbocycles. The molecule has 0 radical (unpaired) electrons. The molecule has 2 aromatic rings. The molecule has 2 aromatic carbocycles. The van der Waals surface area contributed by atoms with Gasteiger partial charge in [0.25, 0.3) is 0 Å². The Labute approximate surface area is 187 Å². The predicted molar refractivity (Wildman–Crippen MR) is 123 cm³/mol. The van der Waals surface area contributed by atoms with Crippen molar-refractivity contribution in [2.45, 2.75) is 19.1 Å². The number of carbonyl (C=O) groups excluding carboxylic acids is 1. The number of benzene rings is 2. The van der Waals surface area contributed by atoms with Gasteiger partial charge in [0.05, 0.1) is 0 Å². The van der Waals surface area contributed by atoms with E-state index in [-0.39, 0.29) is 12.2 Å². The number of ketones is 1. The van der Waals surface area contributed by atoms with Crippen LogP contribution in [-0.4, -0.2) is 30.5 Å². The summed E-state index contributed by atoms with van der Waals surface area (Å²) in [6, 6.07) is 18.9. The molecule has 0 aromatic heterocycles. The van der Waals surface area contributed by atoms with E-state index in [0.29, 0.717) is 29.8 Å². The third-order valence-electron chi connectivity index (χ3n) is 5.26. The number of allylic oxidation sites excluding steroid dienone is 6. The van der Waals surface area contributed by atoms with E-state index in [1.165, 1.54) is 6.08 Å². The van der Waals surface area contributed by atoms with Gasteiger partial charge in [0, 0.05) is 35.7 Å². The van der Waals surface area contributed by atoms with E-state index in [2.05, 4.69) is 6.58 Å². The summed E-state index contributed by atoms with van der Waals surface area (Å²) in [5.74, 6) is -0.779. The number of rotatable bonds is 8.